The molecule has 0 aliphatic rings. The fourth-order valence-electron chi connectivity index (χ4n) is 1.68. The molecule has 0 aliphatic heterocycles. The SMILES string of the molecule is CC(Cl)C(Cl)C(C(C)Cl)C(CC(=O)O)C(=O)O. The van der Waals surface area contributed by atoms with Gasteiger partial charge in [-0.1, -0.05) is 0 Å². The van der Waals surface area contributed by atoms with Crippen LogP contribution < -0.4 is 0 Å². The summed E-state index contributed by atoms with van der Waals surface area (Å²) in [4.78, 5) is 21.7. The average molecular weight is 306 g/mol. The van der Waals surface area contributed by atoms with Gasteiger partial charge in [-0.3, -0.25) is 9.59 Å². The second kappa shape index (κ2) is 7.29. The van der Waals surface area contributed by atoms with Gasteiger partial charge in [-0.25, -0.2) is 0 Å². The lowest BCUT2D eigenvalue weighted by molar-refractivity contribution is -0.150. The first-order chi connectivity index (χ1) is 7.68. The lowest BCUT2D eigenvalue weighted by atomic mass is 9.83. The Labute approximate surface area is 115 Å². The van der Waals surface area contributed by atoms with Crippen LogP contribution in [0.4, 0.5) is 0 Å². The van der Waals surface area contributed by atoms with Crippen LogP contribution in [0.2, 0.25) is 0 Å². The zero-order valence-electron chi connectivity index (χ0n) is 9.44. The average Bonchev–Trinajstić information content (AvgIpc) is 2.14. The minimum Gasteiger partial charge on any atom is -0.481 e. The molecule has 0 rings (SSSR count). The maximum Gasteiger partial charge on any atom is 0.307 e. The topological polar surface area (TPSA) is 74.6 Å². The van der Waals surface area contributed by atoms with Crippen molar-refractivity contribution in [1.82, 2.24) is 0 Å². The molecule has 0 spiro atoms. The van der Waals surface area contributed by atoms with Gasteiger partial charge in [-0.05, 0) is 13.8 Å². The molecular formula is C10H15Cl3O4. The van der Waals surface area contributed by atoms with Gasteiger partial charge in [-0.2, -0.15) is 0 Å². The van der Waals surface area contributed by atoms with Crippen molar-refractivity contribution >= 4 is 46.7 Å². The summed E-state index contributed by atoms with van der Waals surface area (Å²) in [5.74, 6) is -4.29. The van der Waals surface area contributed by atoms with E-state index in [1.807, 2.05) is 0 Å². The standard InChI is InChI=1S/C10H15Cl3O4/c1-4(11)8(9(13)5(2)12)6(10(16)17)3-7(14)15/h4-6,8-9H,3H2,1-2H3,(H,14,15)(H,16,17). The van der Waals surface area contributed by atoms with Crippen LogP contribution in [0.25, 0.3) is 0 Å². The molecule has 0 aliphatic carbocycles. The van der Waals surface area contributed by atoms with Crippen LogP contribution in [-0.2, 0) is 9.59 Å². The van der Waals surface area contributed by atoms with E-state index in [0.717, 1.165) is 0 Å². The van der Waals surface area contributed by atoms with Crippen LogP contribution in [0.1, 0.15) is 20.3 Å². The van der Waals surface area contributed by atoms with Crippen LogP contribution in [0, 0.1) is 11.8 Å². The molecule has 0 saturated carbocycles. The second-order valence-electron chi connectivity index (χ2n) is 3.92. The minimum absolute atomic E-state index is 0.501. The zero-order chi connectivity index (χ0) is 13.7. The lowest BCUT2D eigenvalue weighted by Gasteiger charge is -2.30. The normalized spacial score (nSPS) is 20.1. The molecule has 0 amide bonds. The van der Waals surface area contributed by atoms with E-state index in [-0.39, 0.29) is 0 Å². The van der Waals surface area contributed by atoms with Crippen molar-refractivity contribution < 1.29 is 19.8 Å². The third kappa shape index (κ3) is 5.32. The summed E-state index contributed by atoms with van der Waals surface area (Å²) in [6.45, 7) is 3.20. The Bertz CT molecular complexity index is 281. The number of hydrogen-bond donors (Lipinski definition) is 2. The number of alkyl halides is 3. The monoisotopic (exact) mass is 304 g/mol. The molecule has 2 N–H and O–H groups in total. The van der Waals surface area contributed by atoms with Crippen molar-refractivity contribution in [3.8, 4) is 0 Å². The van der Waals surface area contributed by atoms with E-state index in [1.54, 1.807) is 13.8 Å². The molecule has 100 valence electrons. The number of hydrogen-bond acceptors (Lipinski definition) is 2. The van der Waals surface area contributed by atoms with E-state index < -0.39 is 46.3 Å². The Balaban J connectivity index is 5.09. The molecule has 0 aromatic carbocycles. The summed E-state index contributed by atoms with van der Waals surface area (Å²) in [5, 5.41) is 16.0. The first kappa shape index (κ1) is 16.8. The van der Waals surface area contributed by atoms with Crippen LogP contribution >= 0.6 is 34.8 Å². The van der Waals surface area contributed by atoms with Gasteiger partial charge in [0.15, 0.2) is 0 Å². The summed E-state index contributed by atoms with van der Waals surface area (Å²) in [5.41, 5.74) is 0. The van der Waals surface area contributed by atoms with Crippen LogP contribution in [0.15, 0.2) is 0 Å². The molecule has 4 nitrogen and oxygen atoms in total. The summed E-state index contributed by atoms with van der Waals surface area (Å²) >= 11 is 17.8. The third-order valence-electron chi connectivity index (χ3n) is 2.51. The number of rotatable bonds is 7. The van der Waals surface area contributed by atoms with Crippen molar-refractivity contribution in [3.63, 3.8) is 0 Å². The number of halogens is 3. The van der Waals surface area contributed by atoms with Crippen molar-refractivity contribution in [1.29, 1.82) is 0 Å². The second-order valence-corrected chi connectivity index (χ2v) is 5.80. The Morgan fingerprint density at radius 2 is 1.53 bits per heavy atom. The highest BCUT2D eigenvalue weighted by Crippen LogP contribution is 2.33. The highest BCUT2D eigenvalue weighted by Gasteiger charge is 2.39. The molecule has 0 aromatic rings. The molecule has 17 heavy (non-hydrogen) atoms. The zero-order valence-corrected chi connectivity index (χ0v) is 11.7. The molecule has 0 fully saturated rings. The van der Waals surface area contributed by atoms with E-state index in [4.69, 9.17) is 45.0 Å². The van der Waals surface area contributed by atoms with Gasteiger partial charge in [0, 0.05) is 16.7 Å². The maximum absolute atomic E-state index is 11.1. The van der Waals surface area contributed by atoms with E-state index in [1.165, 1.54) is 0 Å². The highest BCUT2D eigenvalue weighted by molar-refractivity contribution is 6.30. The van der Waals surface area contributed by atoms with Crippen LogP contribution in [0.3, 0.4) is 0 Å². The summed E-state index contributed by atoms with van der Waals surface area (Å²) in [6, 6.07) is 0. The van der Waals surface area contributed by atoms with Crippen molar-refractivity contribution in [2.75, 3.05) is 0 Å². The summed E-state index contributed by atoms with van der Waals surface area (Å²) in [6.07, 6.45) is -0.524. The van der Waals surface area contributed by atoms with Gasteiger partial charge >= 0.3 is 11.9 Å². The van der Waals surface area contributed by atoms with E-state index >= 15 is 0 Å². The molecule has 7 heteroatoms. The summed E-state index contributed by atoms with van der Waals surface area (Å²) in [7, 11) is 0. The Kier molecular flexibility index (Phi) is 7.21. The third-order valence-corrected chi connectivity index (χ3v) is 3.87. The fraction of sp³-hybridized carbons (Fsp3) is 0.800. The van der Waals surface area contributed by atoms with Gasteiger partial charge in [-0.15, -0.1) is 34.8 Å². The number of aliphatic carboxylic acids is 2. The van der Waals surface area contributed by atoms with Gasteiger partial charge in [0.1, 0.15) is 0 Å². The number of carboxylic acid groups (broad SMARTS) is 2. The van der Waals surface area contributed by atoms with Crippen molar-refractivity contribution in [2.45, 2.75) is 36.4 Å². The quantitative estimate of drug-likeness (QED) is 0.709. The van der Waals surface area contributed by atoms with Crippen LogP contribution in [0.5, 0.6) is 0 Å². The summed E-state index contributed by atoms with van der Waals surface area (Å²) < 4.78 is 0. The molecule has 5 atom stereocenters. The largest absolute Gasteiger partial charge is 0.481 e. The Morgan fingerprint density at radius 3 is 1.76 bits per heavy atom. The van der Waals surface area contributed by atoms with Gasteiger partial charge < -0.3 is 10.2 Å². The Hall–Kier alpha value is -0.190. The maximum atomic E-state index is 11.1. The van der Waals surface area contributed by atoms with Crippen molar-refractivity contribution in [3.05, 3.63) is 0 Å². The fourth-order valence-corrected chi connectivity index (χ4v) is 2.65. The molecule has 0 bridgehead atoms. The van der Waals surface area contributed by atoms with E-state index in [0.29, 0.717) is 0 Å². The number of carbonyl (C=O) groups is 2. The Morgan fingerprint density at radius 1 is 1.06 bits per heavy atom. The number of carboxylic acids is 2. The van der Waals surface area contributed by atoms with Crippen molar-refractivity contribution in [2.24, 2.45) is 11.8 Å². The molecule has 0 heterocycles. The molecule has 0 aromatic heterocycles. The first-order valence-electron chi connectivity index (χ1n) is 5.05. The van der Waals surface area contributed by atoms with E-state index in [9.17, 15) is 9.59 Å². The lowest BCUT2D eigenvalue weighted by Crippen LogP contribution is -2.39. The first-order valence-corrected chi connectivity index (χ1v) is 6.36. The molecular weight excluding hydrogens is 290 g/mol. The molecule has 0 radical (unpaired) electrons. The predicted molar refractivity (Wildman–Crippen MR) is 67.1 cm³/mol. The van der Waals surface area contributed by atoms with E-state index in [2.05, 4.69) is 0 Å². The van der Waals surface area contributed by atoms with Crippen LogP contribution in [-0.4, -0.2) is 38.3 Å². The van der Waals surface area contributed by atoms with Gasteiger partial charge in [0.25, 0.3) is 0 Å². The van der Waals surface area contributed by atoms with Gasteiger partial charge in [0.05, 0.1) is 17.7 Å². The highest BCUT2D eigenvalue weighted by atomic mass is 35.5. The smallest absolute Gasteiger partial charge is 0.307 e. The van der Waals surface area contributed by atoms with Gasteiger partial charge in [0.2, 0.25) is 0 Å². The predicted octanol–water partition coefficient (Wildman–Crippen LogP) is 2.64. The molecule has 5 unspecified atom stereocenters. The minimum atomic E-state index is -1.23. The molecule has 0 saturated heterocycles.